The van der Waals surface area contributed by atoms with Crippen LogP contribution in [0.2, 0.25) is 0 Å². The Labute approximate surface area is 167 Å². The fourth-order valence-corrected chi connectivity index (χ4v) is 3.65. The molecule has 4 N–H and O–H groups in total. The van der Waals surface area contributed by atoms with Crippen LogP contribution in [0, 0.1) is 5.92 Å². The molecule has 0 saturated carbocycles. The lowest BCUT2D eigenvalue weighted by Crippen LogP contribution is -2.29. The molecule has 0 fully saturated rings. The van der Waals surface area contributed by atoms with Gasteiger partial charge in [-0.2, -0.15) is 4.98 Å². The quantitative estimate of drug-likeness (QED) is 0.424. The number of aliphatic hydroxyl groups is 1. The summed E-state index contributed by atoms with van der Waals surface area (Å²) in [5.74, 6) is 0.0391. The SMILES string of the molecule is CC(C)C[C@H](COP(=O)([O-])OC(C)C)O[C@H](CO)n1cnc2c(=O)[nH]c(N)nc21. The Bertz CT molecular complexity index is 913. The predicted octanol–water partition coefficient (Wildman–Crippen LogP) is 0.534. The van der Waals surface area contributed by atoms with Gasteiger partial charge in [0, 0.05) is 0 Å². The normalized spacial score (nSPS) is 16.4. The minimum absolute atomic E-state index is 0.0345. The third-order valence-electron chi connectivity index (χ3n) is 3.76. The highest BCUT2D eigenvalue weighted by Crippen LogP contribution is 2.40. The van der Waals surface area contributed by atoms with Gasteiger partial charge in [-0.3, -0.25) is 18.9 Å². The first-order chi connectivity index (χ1) is 13.5. The molecule has 2 rings (SSSR count). The number of hydrogen-bond acceptors (Lipinski definition) is 10. The van der Waals surface area contributed by atoms with Crippen LogP contribution in [0.5, 0.6) is 0 Å². The Morgan fingerprint density at radius 3 is 2.66 bits per heavy atom. The van der Waals surface area contributed by atoms with Gasteiger partial charge < -0.3 is 29.5 Å². The number of phosphoric ester groups is 1. The first kappa shape index (κ1) is 23.5. The zero-order valence-corrected chi connectivity index (χ0v) is 17.7. The van der Waals surface area contributed by atoms with Crippen molar-refractivity contribution in [2.24, 2.45) is 5.92 Å². The highest BCUT2D eigenvalue weighted by atomic mass is 31.2. The maximum atomic E-state index is 11.9. The molecule has 0 spiro atoms. The number of imidazole rings is 1. The number of rotatable bonds is 11. The Morgan fingerprint density at radius 1 is 1.38 bits per heavy atom. The topological polar surface area (TPSA) is 178 Å². The minimum Gasteiger partial charge on any atom is -0.756 e. The van der Waals surface area contributed by atoms with Gasteiger partial charge >= 0.3 is 0 Å². The molecule has 2 aromatic heterocycles. The van der Waals surface area contributed by atoms with E-state index >= 15 is 0 Å². The average molecular weight is 432 g/mol. The zero-order valence-electron chi connectivity index (χ0n) is 16.8. The summed E-state index contributed by atoms with van der Waals surface area (Å²) in [6.07, 6.45) is -0.498. The maximum absolute atomic E-state index is 11.9. The predicted molar refractivity (Wildman–Crippen MR) is 103 cm³/mol. The van der Waals surface area contributed by atoms with Crippen molar-refractivity contribution in [2.75, 3.05) is 18.9 Å². The molecule has 12 nitrogen and oxygen atoms in total. The summed E-state index contributed by atoms with van der Waals surface area (Å²) in [4.78, 5) is 34.2. The number of aromatic amines is 1. The fraction of sp³-hybridized carbons (Fsp3) is 0.688. The lowest BCUT2D eigenvalue weighted by molar-refractivity contribution is -0.232. The first-order valence-corrected chi connectivity index (χ1v) is 10.6. The van der Waals surface area contributed by atoms with Crippen LogP contribution in [0.4, 0.5) is 5.95 Å². The van der Waals surface area contributed by atoms with Crippen LogP contribution >= 0.6 is 7.82 Å². The van der Waals surface area contributed by atoms with Crippen LogP contribution in [0.15, 0.2) is 11.1 Å². The summed E-state index contributed by atoms with van der Waals surface area (Å²) in [6, 6.07) is 0. The van der Waals surface area contributed by atoms with Gasteiger partial charge in [-0.05, 0) is 26.2 Å². The molecule has 1 unspecified atom stereocenters. The number of nitrogens with one attached hydrogen (secondary N) is 1. The summed E-state index contributed by atoms with van der Waals surface area (Å²) >= 11 is 0. The van der Waals surface area contributed by atoms with E-state index in [0.717, 1.165) is 0 Å². The zero-order chi connectivity index (χ0) is 21.8. The fourth-order valence-electron chi connectivity index (χ4n) is 2.72. The first-order valence-electron chi connectivity index (χ1n) is 9.15. The van der Waals surface area contributed by atoms with E-state index in [9.17, 15) is 19.4 Å². The van der Waals surface area contributed by atoms with E-state index < -0.39 is 38.4 Å². The van der Waals surface area contributed by atoms with Gasteiger partial charge in [0.2, 0.25) is 5.95 Å². The van der Waals surface area contributed by atoms with Gasteiger partial charge in [0.05, 0.1) is 31.7 Å². The Hall–Kier alpha value is -1.82. The molecule has 0 aliphatic heterocycles. The van der Waals surface area contributed by atoms with E-state index in [2.05, 4.69) is 15.0 Å². The number of hydrogen-bond donors (Lipinski definition) is 3. The monoisotopic (exact) mass is 432 g/mol. The van der Waals surface area contributed by atoms with E-state index in [0.29, 0.717) is 6.42 Å². The maximum Gasteiger partial charge on any atom is 0.280 e. The molecule has 29 heavy (non-hydrogen) atoms. The lowest BCUT2D eigenvalue weighted by Gasteiger charge is -2.30. The molecule has 0 aromatic carbocycles. The van der Waals surface area contributed by atoms with Crippen molar-refractivity contribution >= 4 is 24.9 Å². The number of fused-ring (bicyclic) bond motifs is 1. The second kappa shape index (κ2) is 9.79. The summed E-state index contributed by atoms with van der Waals surface area (Å²) in [6.45, 7) is 6.22. The van der Waals surface area contributed by atoms with Crippen molar-refractivity contribution in [1.29, 1.82) is 0 Å². The molecular weight excluding hydrogens is 405 g/mol. The van der Waals surface area contributed by atoms with Crippen molar-refractivity contribution in [3.8, 4) is 0 Å². The molecule has 0 amide bonds. The summed E-state index contributed by atoms with van der Waals surface area (Å²) in [5, 5.41) is 9.83. The van der Waals surface area contributed by atoms with Crippen molar-refractivity contribution in [3.05, 3.63) is 16.7 Å². The molecule has 3 atom stereocenters. The minimum atomic E-state index is -4.50. The third kappa shape index (κ3) is 6.59. The van der Waals surface area contributed by atoms with E-state index in [1.807, 2.05) is 13.8 Å². The van der Waals surface area contributed by atoms with Crippen molar-refractivity contribution < 1.29 is 28.3 Å². The standard InChI is InChI=1S/C16H28N5O7P/c1-9(2)5-11(7-26-29(24,25)28-10(3)4)27-12(6-22)21-8-18-13-14(21)19-16(17)20-15(13)23/h8-12,22H,5-7H2,1-4H3,(H,24,25)(H3,17,19,20,23)/p-1/t11-,12-/m1/s1. The molecule has 0 saturated heterocycles. The number of aromatic nitrogens is 4. The van der Waals surface area contributed by atoms with Gasteiger partial charge in [-0.15, -0.1) is 0 Å². The van der Waals surface area contributed by atoms with Gasteiger partial charge in [0.25, 0.3) is 13.4 Å². The molecule has 2 heterocycles. The van der Waals surface area contributed by atoms with E-state index in [1.54, 1.807) is 13.8 Å². The van der Waals surface area contributed by atoms with E-state index in [4.69, 9.17) is 19.5 Å². The van der Waals surface area contributed by atoms with Crippen LogP contribution < -0.4 is 16.2 Å². The average Bonchev–Trinajstić information content (AvgIpc) is 2.99. The van der Waals surface area contributed by atoms with Crippen LogP contribution in [-0.2, 0) is 18.3 Å². The Morgan fingerprint density at radius 2 is 2.07 bits per heavy atom. The summed E-state index contributed by atoms with van der Waals surface area (Å²) < 4.78 is 28.8. The number of nitrogens with two attached hydrogens (primary N) is 1. The summed E-state index contributed by atoms with van der Waals surface area (Å²) in [7, 11) is -4.50. The van der Waals surface area contributed by atoms with Crippen LogP contribution in [0.3, 0.4) is 0 Å². The van der Waals surface area contributed by atoms with Gasteiger partial charge in [-0.25, -0.2) is 4.98 Å². The number of aliphatic hydroxyl groups excluding tert-OH is 1. The number of nitrogen functional groups attached to an aromatic ring is 1. The highest BCUT2D eigenvalue weighted by Gasteiger charge is 2.24. The number of nitrogens with zero attached hydrogens (tertiary/aromatic N) is 3. The smallest absolute Gasteiger partial charge is 0.280 e. The second-order valence-electron chi connectivity index (χ2n) is 7.20. The van der Waals surface area contributed by atoms with Gasteiger partial charge in [0.15, 0.2) is 17.4 Å². The molecule has 0 radical (unpaired) electrons. The van der Waals surface area contributed by atoms with Crippen molar-refractivity contribution in [1.82, 2.24) is 19.5 Å². The van der Waals surface area contributed by atoms with E-state index in [-0.39, 0.29) is 29.6 Å². The molecule has 13 heteroatoms. The number of anilines is 1. The largest absolute Gasteiger partial charge is 0.756 e. The molecule has 2 aromatic rings. The number of H-pyrrole nitrogens is 1. The van der Waals surface area contributed by atoms with Crippen molar-refractivity contribution in [2.45, 2.75) is 52.6 Å². The molecule has 0 bridgehead atoms. The van der Waals surface area contributed by atoms with E-state index in [1.165, 1.54) is 10.9 Å². The van der Waals surface area contributed by atoms with Gasteiger partial charge in [-0.1, -0.05) is 13.8 Å². The van der Waals surface area contributed by atoms with Crippen LogP contribution in [0.1, 0.15) is 40.3 Å². The molecular formula is C16H27N5O7P-. The van der Waals surface area contributed by atoms with Crippen LogP contribution in [-0.4, -0.2) is 50.0 Å². The second-order valence-corrected chi connectivity index (χ2v) is 8.56. The summed E-state index contributed by atoms with van der Waals surface area (Å²) in [5.41, 5.74) is 5.23. The molecule has 0 aliphatic carbocycles. The Kier molecular flexibility index (Phi) is 7.92. The molecule has 164 valence electrons. The Balaban J connectivity index is 2.22. The third-order valence-corrected chi connectivity index (χ3v) is 4.90. The van der Waals surface area contributed by atoms with Gasteiger partial charge in [0.1, 0.15) is 0 Å². The lowest BCUT2D eigenvalue weighted by atomic mass is 10.1. The highest BCUT2D eigenvalue weighted by molar-refractivity contribution is 7.45. The van der Waals surface area contributed by atoms with Crippen molar-refractivity contribution in [3.63, 3.8) is 0 Å². The molecule has 0 aliphatic rings. The van der Waals surface area contributed by atoms with Crippen LogP contribution in [0.25, 0.3) is 11.2 Å². The number of phosphoric acid groups is 1. The number of ether oxygens (including phenoxy) is 1.